The van der Waals surface area contributed by atoms with Crippen molar-refractivity contribution in [3.63, 3.8) is 0 Å². The van der Waals surface area contributed by atoms with Crippen LogP contribution in [0.4, 0.5) is 0 Å². The lowest BCUT2D eigenvalue weighted by Gasteiger charge is -2.06. The Balaban J connectivity index is 0.000000922. The highest BCUT2D eigenvalue weighted by Crippen LogP contribution is 2.20. The second-order valence-corrected chi connectivity index (χ2v) is 5.79. The molecule has 0 spiro atoms. The first kappa shape index (κ1) is 22.4. The number of nitrogens with one attached hydrogen (secondary N) is 1. The second-order valence-electron chi connectivity index (χ2n) is 5.27. The molecule has 24 heavy (non-hydrogen) atoms. The summed E-state index contributed by atoms with van der Waals surface area (Å²) in [6.07, 6.45) is 11.5. The number of aliphatic hydroxyl groups excluding tert-OH is 1. The predicted molar refractivity (Wildman–Crippen MR) is 105 cm³/mol. The molecule has 0 saturated carbocycles. The van der Waals surface area contributed by atoms with E-state index in [-0.39, 0.29) is 6.10 Å². The van der Waals surface area contributed by atoms with Crippen molar-refractivity contribution in [2.45, 2.75) is 44.6 Å². The molecule has 0 radical (unpaired) electrons. The first-order valence-corrected chi connectivity index (χ1v) is 8.44. The van der Waals surface area contributed by atoms with Gasteiger partial charge in [-0.15, -0.1) is 12.6 Å². The normalized spacial score (nSPS) is 13.5. The average molecular weight is 351 g/mol. The van der Waals surface area contributed by atoms with E-state index in [1.165, 1.54) is 0 Å². The Morgan fingerprint density at radius 2 is 2.08 bits per heavy atom. The van der Waals surface area contributed by atoms with E-state index in [1.807, 2.05) is 18.2 Å². The average Bonchev–Trinajstić information content (AvgIpc) is 2.57. The minimum Gasteiger partial charge on any atom is -0.392 e. The summed E-state index contributed by atoms with van der Waals surface area (Å²) in [5.74, 6) is 5.29. The number of aromatic nitrogens is 1. The van der Waals surface area contributed by atoms with Gasteiger partial charge in [-0.25, -0.2) is 0 Å². The third-order valence-electron chi connectivity index (χ3n) is 2.96. The van der Waals surface area contributed by atoms with Gasteiger partial charge in [-0.2, -0.15) is 0 Å². The standard InChI is InChI=1S/C15H21N3S.C3H9NO/c1-3-4-5-6-12(2)14(9-10-18-16)15-8-7-13(19)11-17-15;1-3(5)2-4/h5-11,18-19H,3-4,16H2,1-2H3;3,5H,2,4H2,1H3/b6-5+,10-9-,14-12-;. The lowest BCUT2D eigenvalue weighted by atomic mass is 10.0. The molecule has 0 aromatic carbocycles. The molecule has 0 saturated heterocycles. The molecule has 0 aliphatic rings. The summed E-state index contributed by atoms with van der Waals surface area (Å²) in [5, 5.41) is 8.24. The van der Waals surface area contributed by atoms with Crippen LogP contribution in [0.2, 0.25) is 0 Å². The molecular formula is C18H30N4OS. The number of pyridine rings is 1. The summed E-state index contributed by atoms with van der Waals surface area (Å²) in [5.41, 5.74) is 10.5. The monoisotopic (exact) mass is 350 g/mol. The Hall–Kier alpha value is -1.60. The van der Waals surface area contributed by atoms with Gasteiger partial charge < -0.3 is 16.3 Å². The van der Waals surface area contributed by atoms with Crippen LogP contribution < -0.4 is 17.0 Å². The SMILES string of the molecule is CC(O)CN.CCC/C=C/C(C)=C(/C=C\NN)c1ccc(S)cn1. The molecule has 0 fully saturated rings. The smallest absolute Gasteiger partial charge is 0.0706 e. The van der Waals surface area contributed by atoms with Crippen LogP contribution in [0.25, 0.3) is 5.57 Å². The first-order chi connectivity index (χ1) is 11.5. The van der Waals surface area contributed by atoms with Crippen molar-refractivity contribution in [1.82, 2.24) is 10.4 Å². The van der Waals surface area contributed by atoms with E-state index >= 15 is 0 Å². The number of rotatable bonds is 7. The van der Waals surface area contributed by atoms with Crippen LogP contribution in [0.3, 0.4) is 0 Å². The highest BCUT2D eigenvalue weighted by molar-refractivity contribution is 7.80. The maximum absolute atomic E-state index is 8.24. The maximum Gasteiger partial charge on any atom is 0.0706 e. The zero-order chi connectivity index (χ0) is 18.4. The molecule has 0 aliphatic carbocycles. The van der Waals surface area contributed by atoms with E-state index in [1.54, 1.807) is 19.3 Å². The molecule has 134 valence electrons. The summed E-state index contributed by atoms with van der Waals surface area (Å²) in [6.45, 7) is 6.24. The molecular weight excluding hydrogens is 320 g/mol. The van der Waals surface area contributed by atoms with Crippen molar-refractivity contribution >= 4 is 18.2 Å². The molecule has 0 amide bonds. The molecule has 6 N–H and O–H groups in total. The number of hydrazine groups is 1. The minimum atomic E-state index is -0.338. The highest BCUT2D eigenvalue weighted by Gasteiger charge is 2.02. The molecule has 0 bridgehead atoms. The molecule has 1 heterocycles. The number of nitrogens with two attached hydrogens (primary N) is 2. The molecule has 1 unspecified atom stereocenters. The molecule has 5 nitrogen and oxygen atoms in total. The van der Waals surface area contributed by atoms with Gasteiger partial charge in [0.1, 0.15) is 0 Å². The molecule has 1 aromatic rings. The summed E-state index contributed by atoms with van der Waals surface area (Å²) >= 11 is 4.25. The van der Waals surface area contributed by atoms with E-state index in [0.717, 1.165) is 34.6 Å². The zero-order valence-corrected chi connectivity index (χ0v) is 15.6. The van der Waals surface area contributed by atoms with E-state index in [9.17, 15) is 0 Å². The van der Waals surface area contributed by atoms with Gasteiger partial charge in [0.05, 0.1) is 11.8 Å². The summed E-state index contributed by atoms with van der Waals surface area (Å²) in [7, 11) is 0. The maximum atomic E-state index is 8.24. The Morgan fingerprint density at radius 1 is 1.42 bits per heavy atom. The van der Waals surface area contributed by atoms with Crippen LogP contribution in [0.15, 0.2) is 53.2 Å². The van der Waals surface area contributed by atoms with Gasteiger partial charge in [-0.05, 0) is 44.1 Å². The molecule has 1 atom stereocenters. The van der Waals surface area contributed by atoms with Crippen LogP contribution in [-0.2, 0) is 0 Å². The summed E-state index contributed by atoms with van der Waals surface area (Å²) in [4.78, 5) is 5.24. The zero-order valence-electron chi connectivity index (χ0n) is 14.7. The topological polar surface area (TPSA) is 97.2 Å². The van der Waals surface area contributed by atoms with E-state index in [4.69, 9.17) is 16.7 Å². The highest BCUT2D eigenvalue weighted by atomic mass is 32.1. The van der Waals surface area contributed by atoms with Crippen LogP contribution in [-0.4, -0.2) is 22.7 Å². The van der Waals surface area contributed by atoms with Crippen LogP contribution >= 0.6 is 12.6 Å². The first-order valence-electron chi connectivity index (χ1n) is 7.99. The summed E-state index contributed by atoms with van der Waals surface area (Å²) in [6, 6.07) is 3.88. The van der Waals surface area contributed by atoms with Gasteiger partial charge in [0.25, 0.3) is 0 Å². The lowest BCUT2D eigenvalue weighted by Crippen LogP contribution is -2.14. The fourth-order valence-electron chi connectivity index (χ4n) is 1.61. The van der Waals surface area contributed by atoms with Crippen LogP contribution in [0.1, 0.15) is 39.3 Å². The molecule has 0 aliphatic heterocycles. The largest absolute Gasteiger partial charge is 0.392 e. The van der Waals surface area contributed by atoms with E-state index in [0.29, 0.717) is 6.54 Å². The Morgan fingerprint density at radius 3 is 2.54 bits per heavy atom. The molecule has 1 rings (SSSR count). The number of aliphatic hydroxyl groups is 1. The van der Waals surface area contributed by atoms with E-state index < -0.39 is 0 Å². The Labute approximate surface area is 150 Å². The van der Waals surface area contributed by atoms with Crippen molar-refractivity contribution in [3.05, 3.63) is 54.0 Å². The quantitative estimate of drug-likeness (QED) is 0.225. The number of allylic oxidation sites excluding steroid dienone is 5. The number of thiol groups is 1. The van der Waals surface area contributed by atoms with Crippen LogP contribution in [0.5, 0.6) is 0 Å². The lowest BCUT2D eigenvalue weighted by molar-refractivity contribution is 0.203. The number of nitrogens with zero attached hydrogens (tertiary/aromatic N) is 1. The fourth-order valence-corrected chi connectivity index (χ4v) is 1.74. The van der Waals surface area contributed by atoms with Crippen LogP contribution in [0, 0.1) is 0 Å². The van der Waals surface area contributed by atoms with Gasteiger partial charge in [0.15, 0.2) is 0 Å². The third kappa shape index (κ3) is 10.2. The van der Waals surface area contributed by atoms with Gasteiger partial charge in [-0.1, -0.05) is 25.5 Å². The van der Waals surface area contributed by atoms with Crippen molar-refractivity contribution in [3.8, 4) is 0 Å². The number of hydrogen-bond acceptors (Lipinski definition) is 6. The van der Waals surface area contributed by atoms with Gasteiger partial charge in [0.2, 0.25) is 0 Å². The predicted octanol–water partition coefficient (Wildman–Crippen LogP) is 2.80. The van der Waals surface area contributed by atoms with Gasteiger partial charge in [-0.3, -0.25) is 10.8 Å². The Bertz CT molecular complexity index is 536. The minimum absolute atomic E-state index is 0.338. The van der Waals surface area contributed by atoms with Crippen molar-refractivity contribution < 1.29 is 5.11 Å². The summed E-state index contributed by atoms with van der Waals surface area (Å²) < 4.78 is 0. The van der Waals surface area contributed by atoms with E-state index in [2.05, 4.69) is 49.0 Å². The van der Waals surface area contributed by atoms with Crippen molar-refractivity contribution in [1.29, 1.82) is 0 Å². The van der Waals surface area contributed by atoms with Crippen molar-refractivity contribution in [2.24, 2.45) is 11.6 Å². The van der Waals surface area contributed by atoms with Gasteiger partial charge >= 0.3 is 0 Å². The third-order valence-corrected chi connectivity index (χ3v) is 3.22. The second kappa shape index (κ2) is 13.8. The molecule has 6 heteroatoms. The van der Waals surface area contributed by atoms with Gasteiger partial charge in [0, 0.05) is 29.4 Å². The number of unbranched alkanes of at least 4 members (excludes halogenated alkanes) is 1. The van der Waals surface area contributed by atoms with Crippen molar-refractivity contribution in [2.75, 3.05) is 6.54 Å². The molecule has 1 aromatic heterocycles. The Kier molecular flexibility index (Phi) is 12.9. The number of hydrogen-bond donors (Lipinski definition) is 5. The fraction of sp³-hybridized carbons (Fsp3) is 0.389.